The Labute approximate surface area is 304 Å². The average molecular weight is 721 g/mol. The van der Waals surface area contributed by atoms with Crippen molar-refractivity contribution in [2.24, 2.45) is 0 Å². The summed E-state index contributed by atoms with van der Waals surface area (Å²) in [7, 11) is 0. The molecule has 2 N–H and O–H groups in total. The quantitative estimate of drug-likeness (QED) is 0.213. The number of hydrogen-bond donors (Lipinski definition) is 2. The summed E-state index contributed by atoms with van der Waals surface area (Å²) >= 11 is 0. The van der Waals surface area contributed by atoms with Gasteiger partial charge >= 0.3 is 0 Å². The van der Waals surface area contributed by atoms with Crippen LogP contribution in [0.15, 0.2) is 54.9 Å². The molecule has 3 amide bonds. The third-order valence-electron chi connectivity index (χ3n) is 10.2. The van der Waals surface area contributed by atoms with Crippen molar-refractivity contribution in [1.82, 2.24) is 39.6 Å². The Morgan fingerprint density at radius 2 is 1.75 bits per heavy atom. The molecule has 0 radical (unpaired) electrons. The molecule has 0 bridgehead atoms. The molecule has 1 atom stereocenters. The Morgan fingerprint density at radius 1 is 0.943 bits per heavy atom. The van der Waals surface area contributed by atoms with Crippen LogP contribution in [0.2, 0.25) is 0 Å². The normalized spacial score (nSPS) is 17.9. The average Bonchev–Trinajstić information content (AvgIpc) is 3.65. The highest BCUT2D eigenvalue weighted by atomic mass is 19.1. The van der Waals surface area contributed by atoms with Crippen LogP contribution in [0.4, 0.5) is 26.2 Å². The van der Waals surface area contributed by atoms with E-state index in [4.69, 9.17) is 0 Å². The zero-order valence-corrected chi connectivity index (χ0v) is 29.6. The third kappa shape index (κ3) is 6.56. The van der Waals surface area contributed by atoms with E-state index in [-0.39, 0.29) is 47.0 Å². The van der Waals surface area contributed by atoms with Gasteiger partial charge in [-0.05, 0) is 68.7 Å². The fraction of sp³-hybridized carbons (Fsp3) is 0.342. The van der Waals surface area contributed by atoms with Crippen molar-refractivity contribution in [3.05, 3.63) is 89.0 Å². The minimum Gasteiger partial charge on any atom is -0.368 e. The highest BCUT2D eigenvalue weighted by molar-refractivity contribution is 6.05. The lowest BCUT2D eigenvalue weighted by Crippen LogP contribution is -2.52. The lowest BCUT2D eigenvalue weighted by molar-refractivity contribution is -0.136. The van der Waals surface area contributed by atoms with E-state index < -0.39 is 23.6 Å². The number of hydrogen-bond acceptors (Lipinski definition) is 10. The number of piperazine rings is 1. The van der Waals surface area contributed by atoms with Crippen molar-refractivity contribution in [2.75, 3.05) is 36.4 Å². The summed E-state index contributed by atoms with van der Waals surface area (Å²) < 4.78 is 32.0. The van der Waals surface area contributed by atoms with Gasteiger partial charge in [-0.3, -0.25) is 24.6 Å². The molecule has 3 aromatic heterocycles. The maximum Gasteiger partial charge on any atom is 0.255 e. The van der Waals surface area contributed by atoms with Gasteiger partial charge in [0.15, 0.2) is 11.6 Å². The first-order valence-electron chi connectivity index (χ1n) is 17.7. The molecule has 5 aromatic rings. The summed E-state index contributed by atoms with van der Waals surface area (Å²) in [5.74, 6) is -0.827. The Kier molecular flexibility index (Phi) is 8.80. The Bertz CT molecular complexity index is 2270. The molecule has 3 aliphatic rings. The predicted octanol–water partition coefficient (Wildman–Crippen LogP) is 4.88. The van der Waals surface area contributed by atoms with Crippen LogP contribution in [0.5, 0.6) is 0 Å². The number of nitrogens with one attached hydrogen (secondary N) is 2. The molecule has 0 saturated carbocycles. The largest absolute Gasteiger partial charge is 0.368 e. The predicted molar refractivity (Wildman–Crippen MR) is 193 cm³/mol. The molecule has 272 valence electrons. The van der Waals surface area contributed by atoms with Crippen LogP contribution in [-0.2, 0) is 22.7 Å². The zero-order chi connectivity index (χ0) is 37.0. The zero-order valence-electron chi connectivity index (χ0n) is 29.6. The summed E-state index contributed by atoms with van der Waals surface area (Å²) in [6.45, 7) is 10.1. The molecule has 6 heterocycles. The summed E-state index contributed by atoms with van der Waals surface area (Å²) in [5.41, 5.74) is 4.62. The summed E-state index contributed by atoms with van der Waals surface area (Å²) in [4.78, 5) is 60.6. The van der Waals surface area contributed by atoms with E-state index in [1.165, 1.54) is 6.07 Å². The van der Waals surface area contributed by atoms with E-state index in [0.29, 0.717) is 35.7 Å². The number of piperidine rings is 1. The highest BCUT2D eigenvalue weighted by Gasteiger charge is 2.39. The first kappa shape index (κ1) is 34.3. The lowest BCUT2D eigenvalue weighted by Gasteiger charge is -2.36. The number of carbonyl (C=O) groups is 3. The van der Waals surface area contributed by atoms with Gasteiger partial charge in [0.1, 0.15) is 28.9 Å². The van der Waals surface area contributed by atoms with Gasteiger partial charge < -0.3 is 19.7 Å². The van der Waals surface area contributed by atoms with Gasteiger partial charge in [-0.15, -0.1) is 0 Å². The lowest BCUT2D eigenvalue weighted by atomic mass is 10.0. The second-order valence-electron chi connectivity index (χ2n) is 14.0. The minimum atomic E-state index is -0.674. The van der Waals surface area contributed by atoms with Crippen LogP contribution < -0.4 is 15.5 Å². The molecule has 2 aromatic carbocycles. The van der Waals surface area contributed by atoms with Crippen LogP contribution in [-0.4, -0.2) is 84.2 Å². The number of nitrogens with zero attached hydrogens (tertiary/aromatic N) is 8. The molecule has 3 aliphatic heterocycles. The fourth-order valence-corrected chi connectivity index (χ4v) is 7.60. The van der Waals surface area contributed by atoms with Gasteiger partial charge in [0.2, 0.25) is 17.8 Å². The monoisotopic (exact) mass is 720 g/mol. The third-order valence-corrected chi connectivity index (χ3v) is 10.2. The molecule has 8 rings (SSSR count). The van der Waals surface area contributed by atoms with E-state index in [9.17, 15) is 14.4 Å². The van der Waals surface area contributed by atoms with Crippen molar-refractivity contribution in [1.29, 1.82) is 0 Å². The number of aromatic nitrogens is 5. The number of anilines is 3. The van der Waals surface area contributed by atoms with Crippen LogP contribution in [0, 0.1) is 18.6 Å². The van der Waals surface area contributed by atoms with Crippen LogP contribution in [0.1, 0.15) is 60.0 Å². The van der Waals surface area contributed by atoms with E-state index in [0.717, 1.165) is 55.7 Å². The molecule has 15 heteroatoms. The number of imide groups is 1. The summed E-state index contributed by atoms with van der Waals surface area (Å²) in [6, 6.07) is 12.0. The Hall–Kier alpha value is -5.83. The van der Waals surface area contributed by atoms with Crippen molar-refractivity contribution < 1.29 is 23.2 Å². The van der Waals surface area contributed by atoms with E-state index >= 15 is 8.78 Å². The second-order valence-corrected chi connectivity index (χ2v) is 14.0. The molecule has 1 unspecified atom stereocenters. The number of halogens is 2. The Morgan fingerprint density at radius 3 is 2.49 bits per heavy atom. The molecule has 0 spiro atoms. The number of pyridine rings is 1. The first-order chi connectivity index (χ1) is 25.5. The number of amides is 3. The first-order valence-corrected chi connectivity index (χ1v) is 17.7. The molecule has 0 aliphatic carbocycles. The standard InChI is InChI=1S/C38H38F2N10O3/c1-21(2)50-22(3)43-35-28(39)15-24(16-31(35)50)34-29(40)18-42-38(46-34)44-32-8-5-26(17-41-32)48-12-10-47(11-13-48)19-23-4-6-27-25(14-23)20-49(37(27)53)30-7-9-33(51)45-36(30)52/h4-6,8,14-18,21,30H,7,9-13,19-20H2,1-3H3,(H,45,51,52)(H,41,42,44,46). The maximum absolute atomic E-state index is 15.1. The summed E-state index contributed by atoms with van der Waals surface area (Å²) in [5, 5.41) is 5.39. The summed E-state index contributed by atoms with van der Waals surface area (Å²) in [6.07, 6.45) is 3.40. The molecule has 13 nitrogen and oxygen atoms in total. The Balaban J connectivity index is 0.884. The van der Waals surface area contributed by atoms with Crippen molar-refractivity contribution in [2.45, 2.75) is 58.8 Å². The molecular formula is C38H38F2N10O3. The minimum absolute atomic E-state index is 0.0328. The number of fused-ring (bicyclic) bond motifs is 2. The second kappa shape index (κ2) is 13.6. The van der Waals surface area contributed by atoms with E-state index in [1.54, 1.807) is 17.2 Å². The molecular weight excluding hydrogens is 682 g/mol. The van der Waals surface area contributed by atoms with Gasteiger partial charge in [0.05, 0.1) is 23.6 Å². The smallest absolute Gasteiger partial charge is 0.255 e. The van der Waals surface area contributed by atoms with Crippen LogP contribution in [0.3, 0.4) is 0 Å². The van der Waals surface area contributed by atoms with E-state index in [1.807, 2.05) is 49.6 Å². The van der Waals surface area contributed by atoms with Crippen LogP contribution >= 0.6 is 0 Å². The van der Waals surface area contributed by atoms with Gasteiger partial charge in [-0.2, -0.15) is 0 Å². The number of imidazole rings is 1. The van der Waals surface area contributed by atoms with E-state index in [2.05, 4.69) is 46.4 Å². The van der Waals surface area contributed by atoms with Crippen LogP contribution in [0.25, 0.3) is 22.3 Å². The number of benzene rings is 2. The van der Waals surface area contributed by atoms with Gasteiger partial charge in [0.25, 0.3) is 5.91 Å². The number of aryl methyl sites for hydroxylation is 1. The van der Waals surface area contributed by atoms with Gasteiger partial charge in [-0.1, -0.05) is 12.1 Å². The maximum atomic E-state index is 15.1. The molecule has 2 fully saturated rings. The molecule has 2 saturated heterocycles. The topological polar surface area (TPSA) is 141 Å². The van der Waals surface area contributed by atoms with Gasteiger partial charge in [-0.25, -0.2) is 28.7 Å². The SMILES string of the molecule is Cc1nc2c(F)cc(-c3nc(Nc4ccc(N5CCN(Cc6ccc7c(c6)CN(C6CCC(=O)NC6=O)C7=O)CC5)cn4)ncc3F)cc2n1C(C)C. The highest BCUT2D eigenvalue weighted by Crippen LogP contribution is 2.32. The number of carbonyl (C=O) groups excluding carboxylic acids is 3. The molecule has 53 heavy (non-hydrogen) atoms. The van der Waals surface area contributed by atoms with Crippen molar-refractivity contribution in [3.8, 4) is 11.3 Å². The fourth-order valence-electron chi connectivity index (χ4n) is 7.60. The van der Waals surface area contributed by atoms with Gasteiger partial charge in [0, 0.05) is 62.9 Å². The van der Waals surface area contributed by atoms with Crippen molar-refractivity contribution >= 4 is 46.2 Å². The number of rotatable bonds is 8. The van der Waals surface area contributed by atoms with Crippen molar-refractivity contribution in [3.63, 3.8) is 0 Å².